The summed E-state index contributed by atoms with van der Waals surface area (Å²) >= 11 is 0. The first-order valence-electron chi connectivity index (χ1n) is 3.41. The minimum atomic E-state index is -0.482. The molecule has 0 aromatic rings. The Balaban J connectivity index is 4.21. The molecule has 0 saturated carbocycles. The van der Waals surface area contributed by atoms with Crippen LogP contribution < -0.4 is 0 Å². The summed E-state index contributed by atoms with van der Waals surface area (Å²) in [5, 5.41) is 0. The van der Waals surface area contributed by atoms with Crippen LogP contribution in [0.1, 0.15) is 20.3 Å². The predicted molar refractivity (Wildman–Crippen MR) is 41.1 cm³/mol. The highest BCUT2D eigenvalue weighted by molar-refractivity contribution is 5.99. The number of Topliss-reactive ketones (excluding diaryl/α,β-unsaturated/α-hetero) is 1. The summed E-state index contributed by atoms with van der Waals surface area (Å²) in [6.07, 6.45) is 1.62. The SMILES string of the molecule is CCC(=O)C(C)=CC(=O)OC. The molecule has 0 aliphatic carbocycles. The monoisotopic (exact) mass is 156 g/mol. The summed E-state index contributed by atoms with van der Waals surface area (Å²) in [5.74, 6) is -0.514. The van der Waals surface area contributed by atoms with Gasteiger partial charge in [0.15, 0.2) is 5.78 Å². The van der Waals surface area contributed by atoms with Gasteiger partial charge in [0.05, 0.1) is 7.11 Å². The van der Waals surface area contributed by atoms with E-state index < -0.39 is 5.97 Å². The summed E-state index contributed by atoms with van der Waals surface area (Å²) in [6.45, 7) is 3.35. The Hall–Kier alpha value is -1.12. The molecule has 0 rings (SSSR count). The van der Waals surface area contributed by atoms with Crippen LogP contribution >= 0.6 is 0 Å². The van der Waals surface area contributed by atoms with Gasteiger partial charge in [-0.15, -0.1) is 0 Å². The lowest BCUT2D eigenvalue weighted by Gasteiger charge is -1.95. The third-order valence-electron chi connectivity index (χ3n) is 1.30. The fourth-order valence-electron chi connectivity index (χ4n) is 0.595. The van der Waals surface area contributed by atoms with Gasteiger partial charge in [0.25, 0.3) is 0 Å². The van der Waals surface area contributed by atoms with Gasteiger partial charge in [0.1, 0.15) is 0 Å². The smallest absolute Gasteiger partial charge is 0.330 e. The van der Waals surface area contributed by atoms with Crippen LogP contribution in [0.3, 0.4) is 0 Å². The Morgan fingerprint density at radius 3 is 2.36 bits per heavy atom. The molecule has 0 aliphatic rings. The van der Waals surface area contributed by atoms with Crippen molar-refractivity contribution in [3.05, 3.63) is 11.6 Å². The summed E-state index contributed by atoms with van der Waals surface area (Å²) in [6, 6.07) is 0. The van der Waals surface area contributed by atoms with Crippen LogP contribution in [0.25, 0.3) is 0 Å². The fraction of sp³-hybridized carbons (Fsp3) is 0.500. The third-order valence-corrected chi connectivity index (χ3v) is 1.30. The number of carbonyl (C=O) groups is 2. The number of hydrogen-bond donors (Lipinski definition) is 0. The standard InChI is InChI=1S/C8H12O3/c1-4-7(9)6(2)5-8(10)11-3/h5H,4H2,1-3H3. The lowest BCUT2D eigenvalue weighted by molar-refractivity contribution is -0.135. The minimum absolute atomic E-state index is 0.0320. The summed E-state index contributed by atoms with van der Waals surface area (Å²) in [5.41, 5.74) is 0.444. The Labute approximate surface area is 66.0 Å². The van der Waals surface area contributed by atoms with E-state index in [0.717, 1.165) is 0 Å². The maximum Gasteiger partial charge on any atom is 0.330 e. The molecule has 0 radical (unpaired) electrons. The maximum atomic E-state index is 10.9. The molecule has 0 aromatic carbocycles. The Kier molecular flexibility index (Phi) is 4.18. The number of rotatable bonds is 3. The van der Waals surface area contributed by atoms with Crippen molar-refractivity contribution in [2.24, 2.45) is 0 Å². The summed E-state index contributed by atoms with van der Waals surface area (Å²) in [7, 11) is 1.28. The predicted octanol–water partition coefficient (Wildman–Crippen LogP) is 1.08. The molecule has 0 saturated heterocycles. The number of allylic oxidation sites excluding steroid dienone is 1. The van der Waals surface area contributed by atoms with Gasteiger partial charge in [0, 0.05) is 12.5 Å². The molecule has 0 aliphatic heterocycles. The number of hydrogen-bond acceptors (Lipinski definition) is 3. The van der Waals surface area contributed by atoms with Crippen molar-refractivity contribution < 1.29 is 14.3 Å². The maximum absolute atomic E-state index is 10.9. The summed E-state index contributed by atoms with van der Waals surface area (Å²) < 4.78 is 4.35. The molecular formula is C8H12O3. The first-order valence-corrected chi connectivity index (χ1v) is 3.41. The van der Waals surface area contributed by atoms with Crippen molar-refractivity contribution in [2.75, 3.05) is 7.11 Å². The molecule has 0 aromatic heterocycles. The van der Waals surface area contributed by atoms with Crippen LogP contribution in [0.5, 0.6) is 0 Å². The lowest BCUT2D eigenvalue weighted by Crippen LogP contribution is -2.02. The fourth-order valence-corrected chi connectivity index (χ4v) is 0.595. The third kappa shape index (κ3) is 3.55. The van der Waals surface area contributed by atoms with E-state index in [0.29, 0.717) is 12.0 Å². The van der Waals surface area contributed by atoms with Gasteiger partial charge in [0.2, 0.25) is 0 Å². The van der Waals surface area contributed by atoms with Crippen molar-refractivity contribution in [3.8, 4) is 0 Å². The minimum Gasteiger partial charge on any atom is -0.466 e. The van der Waals surface area contributed by atoms with Crippen molar-refractivity contribution in [2.45, 2.75) is 20.3 Å². The Bertz CT molecular complexity index is 192. The van der Waals surface area contributed by atoms with E-state index in [1.54, 1.807) is 13.8 Å². The number of esters is 1. The van der Waals surface area contributed by atoms with E-state index in [2.05, 4.69) is 4.74 Å². The van der Waals surface area contributed by atoms with Gasteiger partial charge in [-0.25, -0.2) is 4.79 Å². The van der Waals surface area contributed by atoms with Crippen LogP contribution in [0, 0.1) is 0 Å². The lowest BCUT2D eigenvalue weighted by atomic mass is 10.1. The first-order chi connectivity index (χ1) is 5.11. The second-order valence-corrected chi connectivity index (χ2v) is 2.13. The second kappa shape index (κ2) is 4.66. The van der Waals surface area contributed by atoms with Gasteiger partial charge in [-0.05, 0) is 12.5 Å². The van der Waals surface area contributed by atoms with Crippen LogP contribution in [0.15, 0.2) is 11.6 Å². The van der Waals surface area contributed by atoms with Crippen LogP contribution in [0.4, 0.5) is 0 Å². The Morgan fingerprint density at radius 2 is 2.00 bits per heavy atom. The van der Waals surface area contributed by atoms with E-state index in [1.165, 1.54) is 13.2 Å². The molecule has 3 heteroatoms. The van der Waals surface area contributed by atoms with Crippen molar-refractivity contribution in [1.29, 1.82) is 0 Å². The van der Waals surface area contributed by atoms with Gasteiger partial charge < -0.3 is 4.74 Å². The molecule has 0 atom stereocenters. The van der Waals surface area contributed by atoms with Crippen LogP contribution in [-0.4, -0.2) is 18.9 Å². The van der Waals surface area contributed by atoms with Crippen LogP contribution in [0.2, 0.25) is 0 Å². The number of ether oxygens (including phenoxy) is 1. The molecule has 3 nitrogen and oxygen atoms in total. The molecule has 62 valence electrons. The average Bonchev–Trinajstić information content (AvgIpc) is 2.02. The van der Waals surface area contributed by atoms with Crippen LogP contribution in [-0.2, 0) is 14.3 Å². The quantitative estimate of drug-likeness (QED) is 0.453. The topological polar surface area (TPSA) is 43.4 Å². The molecule has 0 heterocycles. The van der Waals surface area contributed by atoms with E-state index in [9.17, 15) is 9.59 Å². The molecule has 0 spiro atoms. The first kappa shape index (κ1) is 9.88. The molecular weight excluding hydrogens is 144 g/mol. The zero-order valence-corrected chi connectivity index (χ0v) is 7.01. The summed E-state index contributed by atoms with van der Waals surface area (Å²) in [4.78, 5) is 21.5. The number of methoxy groups -OCH3 is 1. The molecule has 0 N–H and O–H groups in total. The molecule has 0 unspecified atom stereocenters. The molecule has 11 heavy (non-hydrogen) atoms. The van der Waals surface area contributed by atoms with E-state index in [1.807, 2.05) is 0 Å². The van der Waals surface area contributed by atoms with Gasteiger partial charge in [-0.1, -0.05) is 6.92 Å². The van der Waals surface area contributed by atoms with Gasteiger partial charge >= 0.3 is 5.97 Å². The van der Waals surface area contributed by atoms with E-state index in [-0.39, 0.29) is 5.78 Å². The van der Waals surface area contributed by atoms with E-state index >= 15 is 0 Å². The van der Waals surface area contributed by atoms with Crippen molar-refractivity contribution in [3.63, 3.8) is 0 Å². The normalized spacial score (nSPS) is 11.0. The van der Waals surface area contributed by atoms with Crippen molar-refractivity contribution >= 4 is 11.8 Å². The highest BCUT2D eigenvalue weighted by atomic mass is 16.5. The van der Waals surface area contributed by atoms with Crippen molar-refractivity contribution in [1.82, 2.24) is 0 Å². The highest BCUT2D eigenvalue weighted by Crippen LogP contribution is 1.98. The zero-order valence-electron chi connectivity index (χ0n) is 7.01. The Morgan fingerprint density at radius 1 is 1.45 bits per heavy atom. The number of ketones is 1. The number of carbonyl (C=O) groups excluding carboxylic acids is 2. The van der Waals surface area contributed by atoms with E-state index in [4.69, 9.17) is 0 Å². The molecule has 0 amide bonds. The molecule has 0 fully saturated rings. The van der Waals surface area contributed by atoms with Gasteiger partial charge in [-0.3, -0.25) is 4.79 Å². The molecule has 0 bridgehead atoms. The average molecular weight is 156 g/mol. The highest BCUT2D eigenvalue weighted by Gasteiger charge is 2.03. The van der Waals surface area contributed by atoms with Gasteiger partial charge in [-0.2, -0.15) is 0 Å². The largest absolute Gasteiger partial charge is 0.466 e. The second-order valence-electron chi connectivity index (χ2n) is 2.13. The zero-order chi connectivity index (χ0) is 8.85.